The minimum absolute atomic E-state index is 0.288. The fraction of sp³-hybridized carbons (Fsp3) is 0.188. The fourth-order valence-corrected chi connectivity index (χ4v) is 4.07. The Kier molecular flexibility index (Phi) is 9.58. The smallest absolute Gasteiger partial charge is 0.120 e. The molecule has 4 rings (SSSR count). The predicted octanol–water partition coefficient (Wildman–Crippen LogP) is 7.90. The molecule has 4 nitrogen and oxygen atoms in total. The van der Waals surface area contributed by atoms with E-state index in [9.17, 15) is 10.2 Å². The van der Waals surface area contributed by atoms with Crippen LogP contribution < -0.4 is 9.47 Å². The number of hydrogen-bond acceptors (Lipinski definition) is 4. The summed E-state index contributed by atoms with van der Waals surface area (Å²) in [7, 11) is 0. The van der Waals surface area contributed by atoms with Crippen molar-refractivity contribution in [2.45, 2.75) is 26.2 Å². The molecule has 0 spiro atoms. The molecule has 0 atom stereocenters. The van der Waals surface area contributed by atoms with Crippen molar-refractivity contribution in [2.75, 3.05) is 13.2 Å². The van der Waals surface area contributed by atoms with Gasteiger partial charge in [-0.05, 0) is 70.8 Å². The van der Waals surface area contributed by atoms with Crippen LogP contribution in [0.5, 0.6) is 23.0 Å². The number of aryl methyl sites for hydroxylation is 1. The predicted molar refractivity (Wildman–Crippen MR) is 151 cm³/mol. The maximum Gasteiger partial charge on any atom is 0.120 e. The van der Waals surface area contributed by atoms with Gasteiger partial charge in [0.05, 0.1) is 0 Å². The molecule has 0 saturated carbocycles. The molecule has 4 aromatic rings. The van der Waals surface area contributed by atoms with Crippen LogP contribution in [0.4, 0.5) is 0 Å². The number of ether oxygens (including phenoxy) is 2. The molecule has 186 valence electrons. The zero-order valence-electron chi connectivity index (χ0n) is 20.9. The standard InChI is InChI=1S/C16H16O2.C16H18O2/c1-3-9-17-15-7-5-14-12-16(18-10-4-2)8-6-13(14)11-15;1-3-5-13-11-7-10-16(18)14(6-4-2)12(11)8-9-15(13)17/h3-8,11-12H,1-2,9-10H2;3,7-10,17-18H,1,4-6H2,2H3. The molecule has 0 aromatic heterocycles. The van der Waals surface area contributed by atoms with Crippen LogP contribution in [0.25, 0.3) is 21.5 Å². The van der Waals surface area contributed by atoms with E-state index in [0.717, 1.165) is 57.0 Å². The Morgan fingerprint density at radius 2 is 1.17 bits per heavy atom. The van der Waals surface area contributed by atoms with Crippen molar-refractivity contribution in [2.24, 2.45) is 0 Å². The maximum atomic E-state index is 9.95. The number of hydrogen-bond donors (Lipinski definition) is 2. The summed E-state index contributed by atoms with van der Waals surface area (Å²) in [5.41, 5.74) is 1.83. The third-order valence-corrected chi connectivity index (χ3v) is 5.74. The average molecular weight is 483 g/mol. The summed E-state index contributed by atoms with van der Waals surface area (Å²) >= 11 is 0. The molecule has 0 fully saturated rings. The van der Waals surface area contributed by atoms with Gasteiger partial charge >= 0.3 is 0 Å². The van der Waals surface area contributed by atoms with Gasteiger partial charge in [0.2, 0.25) is 0 Å². The van der Waals surface area contributed by atoms with Gasteiger partial charge in [0, 0.05) is 11.1 Å². The molecule has 2 N–H and O–H groups in total. The number of allylic oxidation sites excluding steroid dienone is 1. The van der Waals surface area contributed by atoms with E-state index in [4.69, 9.17) is 9.47 Å². The van der Waals surface area contributed by atoms with E-state index in [-0.39, 0.29) is 5.75 Å². The monoisotopic (exact) mass is 482 g/mol. The van der Waals surface area contributed by atoms with Crippen molar-refractivity contribution in [1.29, 1.82) is 0 Å². The molecule has 0 aliphatic heterocycles. The molecular formula is C32H34O4. The lowest BCUT2D eigenvalue weighted by atomic mass is 9.95. The summed E-state index contributed by atoms with van der Waals surface area (Å²) in [4.78, 5) is 0. The Hall–Kier alpha value is -4.18. The molecule has 0 saturated heterocycles. The summed E-state index contributed by atoms with van der Waals surface area (Å²) in [6.07, 6.45) is 7.68. The number of benzene rings is 4. The molecule has 4 aromatic carbocycles. The SMILES string of the molecule is C=CCOc1ccc2cc(OCC=C)ccc2c1.C=CCc1c(O)ccc2c(CCC)c(O)ccc12. The van der Waals surface area contributed by atoms with Crippen LogP contribution in [0.3, 0.4) is 0 Å². The number of aromatic hydroxyl groups is 2. The van der Waals surface area contributed by atoms with Gasteiger partial charge in [-0.2, -0.15) is 0 Å². The van der Waals surface area contributed by atoms with Crippen LogP contribution in [-0.2, 0) is 12.8 Å². The molecule has 0 bridgehead atoms. The first-order valence-corrected chi connectivity index (χ1v) is 12.1. The number of rotatable bonds is 10. The van der Waals surface area contributed by atoms with Crippen molar-refractivity contribution in [1.82, 2.24) is 0 Å². The number of phenols is 2. The molecule has 0 aliphatic carbocycles. The molecule has 0 aliphatic rings. The third-order valence-electron chi connectivity index (χ3n) is 5.74. The highest BCUT2D eigenvalue weighted by Gasteiger charge is 2.11. The third kappa shape index (κ3) is 6.48. The van der Waals surface area contributed by atoms with Crippen molar-refractivity contribution in [3.05, 3.63) is 110 Å². The minimum atomic E-state index is 0.288. The van der Waals surface area contributed by atoms with E-state index in [2.05, 4.69) is 26.7 Å². The van der Waals surface area contributed by atoms with Gasteiger partial charge < -0.3 is 19.7 Å². The summed E-state index contributed by atoms with van der Waals surface area (Å²) in [5, 5.41) is 24.1. The van der Waals surface area contributed by atoms with Gasteiger partial charge in [0.25, 0.3) is 0 Å². The fourth-order valence-electron chi connectivity index (χ4n) is 4.07. The summed E-state index contributed by atoms with van der Waals surface area (Å²) < 4.78 is 11.0. The van der Waals surface area contributed by atoms with Crippen molar-refractivity contribution in [3.63, 3.8) is 0 Å². The van der Waals surface area contributed by atoms with Gasteiger partial charge in [0.15, 0.2) is 0 Å². The first-order chi connectivity index (χ1) is 17.5. The first-order valence-electron chi connectivity index (χ1n) is 12.1. The lowest BCUT2D eigenvalue weighted by Crippen LogP contribution is -1.93. The molecule has 0 unspecified atom stereocenters. The van der Waals surface area contributed by atoms with Crippen LogP contribution in [0, 0.1) is 0 Å². The lowest BCUT2D eigenvalue weighted by molar-refractivity contribution is 0.362. The lowest BCUT2D eigenvalue weighted by Gasteiger charge is -2.12. The summed E-state index contributed by atoms with van der Waals surface area (Å²) in [6.45, 7) is 14.1. The van der Waals surface area contributed by atoms with Crippen LogP contribution in [0.15, 0.2) is 98.6 Å². The summed E-state index contributed by atoms with van der Waals surface area (Å²) in [6, 6.07) is 19.1. The highest BCUT2D eigenvalue weighted by Crippen LogP contribution is 2.34. The summed E-state index contributed by atoms with van der Waals surface area (Å²) in [5.74, 6) is 2.32. The van der Waals surface area contributed by atoms with Gasteiger partial charge in [-0.1, -0.05) is 69.0 Å². The van der Waals surface area contributed by atoms with Gasteiger partial charge in [-0.3, -0.25) is 0 Å². The van der Waals surface area contributed by atoms with E-state index >= 15 is 0 Å². The van der Waals surface area contributed by atoms with Crippen molar-refractivity contribution in [3.8, 4) is 23.0 Å². The van der Waals surface area contributed by atoms with Gasteiger partial charge in [0.1, 0.15) is 36.2 Å². The van der Waals surface area contributed by atoms with Crippen LogP contribution in [-0.4, -0.2) is 23.4 Å². The van der Waals surface area contributed by atoms with Gasteiger partial charge in [-0.25, -0.2) is 0 Å². The Morgan fingerprint density at radius 1 is 0.667 bits per heavy atom. The van der Waals surface area contributed by atoms with Gasteiger partial charge in [-0.15, -0.1) is 6.58 Å². The second-order valence-electron chi connectivity index (χ2n) is 8.33. The zero-order valence-corrected chi connectivity index (χ0v) is 20.9. The minimum Gasteiger partial charge on any atom is -0.508 e. The van der Waals surface area contributed by atoms with E-state index in [0.29, 0.717) is 25.4 Å². The Bertz CT molecular complexity index is 1300. The molecular weight excluding hydrogens is 448 g/mol. The average Bonchev–Trinajstić information content (AvgIpc) is 2.89. The first kappa shape index (κ1) is 26.4. The van der Waals surface area contributed by atoms with Crippen LogP contribution in [0.1, 0.15) is 24.5 Å². The van der Waals surface area contributed by atoms with Crippen molar-refractivity contribution >= 4 is 21.5 Å². The topological polar surface area (TPSA) is 58.9 Å². The normalized spacial score (nSPS) is 10.4. The molecule has 0 amide bonds. The van der Waals surface area contributed by atoms with Crippen LogP contribution in [0.2, 0.25) is 0 Å². The second-order valence-corrected chi connectivity index (χ2v) is 8.33. The van der Waals surface area contributed by atoms with Crippen LogP contribution >= 0.6 is 0 Å². The molecule has 0 radical (unpaired) electrons. The van der Waals surface area contributed by atoms with E-state index in [1.54, 1.807) is 30.4 Å². The Morgan fingerprint density at radius 3 is 1.64 bits per heavy atom. The zero-order chi connectivity index (χ0) is 25.9. The maximum absolute atomic E-state index is 9.95. The Labute approximate surface area is 213 Å². The largest absolute Gasteiger partial charge is 0.508 e. The van der Waals surface area contributed by atoms with E-state index in [1.807, 2.05) is 48.5 Å². The highest BCUT2D eigenvalue weighted by molar-refractivity contribution is 5.92. The number of fused-ring (bicyclic) bond motifs is 2. The number of phenolic OH excluding ortho intramolecular Hbond substituents is 2. The highest BCUT2D eigenvalue weighted by atomic mass is 16.5. The van der Waals surface area contributed by atoms with Crippen molar-refractivity contribution < 1.29 is 19.7 Å². The van der Waals surface area contributed by atoms with E-state index < -0.39 is 0 Å². The molecule has 0 heterocycles. The molecule has 4 heteroatoms. The second kappa shape index (κ2) is 13.1. The van der Waals surface area contributed by atoms with E-state index in [1.165, 1.54) is 0 Å². The quantitative estimate of drug-likeness (QED) is 0.226. The molecule has 36 heavy (non-hydrogen) atoms. The Balaban J connectivity index is 0.000000201.